The molecule has 51 valence electrons. The van der Waals surface area contributed by atoms with Crippen LogP contribution in [0.1, 0.15) is 2.85 Å². The summed E-state index contributed by atoms with van der Waals surface area (Å²) in [5.41, 5.74) is 0. The van der Waals surface area contributed by atoms with Gasteiger partial charge in [0.1, 0.15) is 0 Å². The van der Waals surface area contributed by atoms with Crippen molar-refractivity contribution in [1.29, 1.82) is 0 Å². The summed E-state index contributed by atoms with van der Waals surface area (Å²) in [5, 5.41) is 0. The molecule has 0 amide bonds. The smallest absolute Gasteiger partial charge is 1.00 e. The van der Waals surface area contributed by atoms with Crippen molar-refractivity contribution in [3.8, 4) is 0 Å². The summed E-state index contributed by atoms with van der Waals surface area (Å²) in [6, 6.07) is 0. The molecule has 0 bridgehead atoms. The second-order valence-electron chi connectivity index (χ2n) is 0.651. The molecular formula is H8AlBBaFO4Si. The summed E-state index contributed by atoms with van der Waals surface area (Å²) in [5.74, 6) is 0. The first-order valence-corrected chi connectivity index (χ1v) is 2.78. The molecule has 0 spiro atoms. The van der Waals surface area contributed by atoms with E-state index in [9.17, 15) is 4.53 Å². The summed E-state index contributed by atoms with van der Waals surface area (Å²) in [7, 11) is -4.80. The molecular weight excluding hydrogens is 286 g/mol. The Morgan fingerprint density at radius 1 is 1.33 bits per heavy atom. The molecule has 0 aliphatic carbocycles. The number of hydrogen-bond donors (Lipinski definition) is 3. The topological polar surface area (TPSA) is 69.9 Å². The second-order valence-corrected chi connectivity index (χ2v) is 1.95. The Morgan fingerprint density at radius 2 is 1.44 bits per heavy atom. The molecule has 3 radical (unpaired) electrons. The molecule has 0 fully saturated rings. The first-order valence-electron chi connectivity index (χ1n) is 1.03. The van der Waals surface area contributed by atoms with Crippen LogP contribution in [0.4, 0.5) is 4.53 Å². The van der Waals surface area contributed by atoms with E-state index in [1.54, 1.807) is 0 Å². The van der Waals surface area contributed by atoms with E-state index in [1.165, 1.54) is 0 Å². The van der Waals surface area contributed by atoms with Gasteiger partial charge in [0.2, 0.25) is 0 Å². The zero-order valence-corrected chi connectivity index (χ0v) is 9.35. The van der Waals surface area contributed by atoms with Crippen LogP contribution in [0.15, 0.2) is 0 Å². The Labute approximate surface area is 109 Å². The minimum Gasteiger partial charge on any atom is -1.00 e. The van der Waals surface area contributed by atoms with Crippen molar-refractivity contribution in [2.24, 2.45) is 0 Å². The Morgan fingerprint density at radius 3 is 1.44 bits per heavy atom. The van der Waals surface area contributed by atoms with Gasteiger partial charge < -0.3 is 17.2 Å². The summed E-state index contributed by atoms with van der Waals surface area (Å²) >= 11 is 0. The number of halogens is 1. The zero-order chi connectivity index (χ0) is 5.21. The SMILES string of the molecule is O[Si](O)(O)OF.[AlH3].[B].[Ba+2].[H-].[H-]. The second kappa shape index (κ2) is 10.2. The first-order chi connectivity index (χ1) is 2.56. The fraction of sp³-hybridized carbons (Fsp3) is 0. The third-order valence-electron chi connectivity index (χ3n) is 0.104. The maximum atomic E-state index is 10.3. The van der Waals surface area contributed by atoms with Gasteiger partial charge in [0.05, 0.1) is 0 Å². The zero-order valence-electron chi connectivity index (χ0n) is 5.91. The van der Waals surface area contributed by atoms with Crippen LogP contribution in [0.5, 0.6) is 0 Å². The summed E-state index contributed by atoms with van der Waals surface area (Å²) < 4.78 is 12.6. The van der Waals surface area contributed by atoms with Gasteiger partial charge in [-0.15, -0.1) is 0 Å². The third-order valence-corrected chi connectivity index (χ3v) is 0.311. The minimum absolute atomic E-state index is 0. The van der Waals surface area contributed by atoms with Crippen LogP contribution in [0, 0.1) is 0 Å². The van der Waals surface area contributed by atoms with E-state index in [-0.39, 0.29) is 77.5 Å². The number of hydrogen-bond acceptors (Lipinski definition) is 4. The van der Waals surface area contributed by atoms with E-state index in [1.807, 2.05) is 0 Å². The van der Waals surface area contributed by atoms with Crippen molar-refractivity contribution < 1.29 is 26.4 Å². The molecule has 0 aromatic carbocycles. The van der Waals surface area contributed by atoms with E-state index >= 15 is 0 Å². The van der Waals surface area contributed by atoms with Crippen molar-refractivity contribution in [2.45, 2.75) is 0 Å². The van der Waals surface area contributed by atoms with Crippen LogP contribution in [0.2, 0.25) is 0 Å². The van der Waals surface area contributed by atoms with E-state index in [4.69, 9.17) is 14.4 Å². The van der Waals surface area contributed by atoms with Gasteiger partial charge in [-0.3, -0.25) is 0 Å². The van der Waals surface area contributed by atoms with Crippen LogP contribution in [0.25, 0.3) is 0 Å². The maximum absolute atomic E-state index is 10.3. The van der Waals surface area contributed by atoms with E-state index in [0.29, 0.717) is 0 Å². The van der Waals surface area contributed by atoms with Crippen LogP contribution in [0.3, 0.4) is 0 Å². The molecule has 4 nitrogen and oxygen atoms in total. The molecule has 9 heavy (non-hydrogen) atoms. The van der Waals surface area contributed by atoms with E-state index in [2.05, 4.69) is 4.63 Å². The first kappa shape index (κ1) is 22.5. The normalized spacial score (nSPS) is 8.00. The molecule has 0 aromatic heterocycles. The quantitative estimate of drug-likeness (QED) is 0.441. The van der Waals surface area contributed by atoms with Crippen LogP contribution >= 0.6 is 0 Å². The van der Waals surface area contributed by atoms with Crippen molar-refractivity contribution in [2.75, 3.05) is 0 Å². The molecule has 0 rings (SSSR count). The molecule has 3 N–H and O–H groups in total. The predicted octanol–water partition coefficient (Wildman–Crippen LogP) is -3.42. The molecule has 0 aliphatic rings. The molecule has 0 aromatic rings. The summed E-state index contributed by atoms with van der Waals surface area (Å²) in [6.45, 7) is 0. The van der Waals surface area contributed by atoms with E-state index in [0.717, 1.165) is 0 Å². The van der Waals surface area contributed by atoms with Crippen molar-refractivity contribution in [3.63, 3.8) is 0 Å². The van der Waals surface area contributed by atoms with Gasteiger partial charge in [0, 0.05) is 8.41 Å². The third kappa shape index (κ3) is 25.4. The number of rotatable bonds is 1. The molecule has 0 unspecified atom stereocenters. The largest absolute Gasteiger partial charge is 2.00 e. The van der Waals surface area contributed by atoms with Crippen molar-refractivity contribution >= 4 is 83.7 Å². The van der Waals surface area contributed by atoms with Gasteiger partial charge in [-0.1, -0.05) is 4.53 Å². The summed E-state index contributed by atoms with van der Waals surface area (Å²) in [4.78, 5) is 22.4. The average Bonchev–Trinajstić information content (AvgIpc) is 1.35. The van der Waals surface area contributed by atoms with E-state index < -0.39 is 9.05 Å². The monoisotopic (exact) mass is 295 g/mol. The van der Waals surface area contributed by atoms with Crippen LogP contribution in [-0.2, 0) is 4.63 Å². The van der Waals surface area contributed by atoms with Crippen molar-refractivity contribution in [1.82, 2.24) is 0 Å². The van der Waals surface area contributed by atoms with Gasteiger partial charge in [0.15, 0.2) is 17.4 Å². The fourth-order valence-corrected chi connectivity index (χ4v) is 0. The van der Waals surface area contributed by atoms with Gasteiger partial charge in [-0.2, -0.15) is 4.63 Å². The Bertz CT molecular complexity index is 57.8. The standard InChI is InChI=1S/Al.B.Ba.FH3O4Si.5H/c;;;1-5-6(2,3)4;;;;;/h;;;2-4H;;;;;/q;;+2;;;;;2*-1. The Hall–Kier alpha value is 2.16. The van der Waals surface area contributed by atoms with Crippen LogP contribution < -0.4 is 0 Å². The minimum atomic E-state index is -4.80. The summed E-state index contributed by atoms with van der Waals surface area (Å²) in [6.07, 6.45) is 0. The Kier molecular flexibility index (Phi) is 25.4. The predicted molar refractivity (Wildman–Crippen MR) is 38.3 cm³/mol. The molecule has 0 heterocycles. The average molecular weight is 294 g/mol. The maximum Gasteiger partial charge on any atom is 2.00 e. The van der Waals surface area contributed by atoms with Gasteiger partial charge in [-0.25, -0.2) is 0 Å². The fourth-order valence-electron chi connectivity index (χ4n) is 0. The molecule has 0 saturated carbocycles. The van der Waals surface area contributed by atoms with Gasteiger partial charge in [-0.05, 0) is 0 Å². The Balaban J connectivity index is -0.0000000125. The van der Waals surface area contributed by atoms with Crippen LogP contribution in [-0.4, -0.2) is 98.1 Å². The molecule has 0 atom stereocenters. The van der Waals surface area contributed by atoms with Gasteiger partial charge >= 0.3 is 57.9 Å². The van der Waals surface area contributed by atoms with Crippen molar-refractivity contribution in [3.05, 3.63) is 0 Å². The molecule has 0 saturated heterocycles. The molecule has 9 heteroatoms. The van der Waals surface area contributed by atoms with Gasteiger partial charge in [0.25, 0.3) is 0 Å². The molecule has 0 aliphatic heterocycles.